The second-order valence-corrected chi connectivity index (χ2v) is 4.71. The van der Waals surface area contributed by atoms with Gasteiger partial charge in [-0.1, -0.05) is 11.8 Å². The molecule has 1 aliphatic rings. The van der Waals surface area contributed by atoms with E-state index in [1.807, 2.05) is 0 Å². The number of carbonyl (C=O) groups excluding carboxylic acids is 1. The molecule has 0 aliphatic heterocycles. The normalized spacial score (nSPS) is 21.1. The first-order valence-corrected chi connectivity index (χ1v) is 6.73. The van der Waals surface area contributed by atoms with Gasteiger partial charge in [0.05, 0.1) is 29.8 Å². The van der Waals surface area contributed by atoms with Gasteiger partial charge in [-0.05, 0) is 25.3 Å². The summed E-state index contributed by atoms with van der Waals surface area (Å²) >= 11 is 0. The maximum absolute atomic E-state index is 12.4. The summed E-state index contributed by atoms with van der Waals surface area (Å²) in [6.45, 7) is 0.254. The molecule has 2 rings (SSSR count). The number of nitrogens with one attached hydrogen (secondary N) is 1. The molecule has 0 bridgehead atoms. The molecule has 1 aromatic heterocycles. The second-order valence-electron chi connectivity index (χ2n) is 4.71. The molecule has 3 N–H and O–H groups in total. The summed E-state index contributed by atoms with van der Waals surface area (Å²) in [5.74, 6) is 5.48. The highest BCUT2D eigenvalue weighted by Gasteiger charge is 2.29. The first-order chi connectivity index (χ1) is 9.76. The number of nitrogens with zero attached hydrogens (tertiary/aromatic N) is 1. The third-order valence-corrected chi connectivity index (χ3v) is 3.46. The highest BCUT2D eigenvalue weighted by Crippen LogP contribution is 2.22. The number of carbonyl (C=O) groups is 1. The summed E-state index contributed by atoms with van der Waals surface area (Å²) in [7, 11) is 1.68. The average molecular weight is 273 g/mol. The third kappa shape index (κ3) is 3.35. The molecule has 5 heteroatoms. The van der Waals surface area contributed by atoms with Crippen LogP contribution in [0.15, 0.2) is 18.5 Å². The molecule has 2 atom stereocenters. The Labute approximate surface area is 118 Å². The Morgan fingerprint density at radius 1 is 1.60 bits per heavy atom. The van der Waals surface area contributed by atoms with E-state index in [2.05, 4.69) is 22.1 Å². The van der Waals surface area contributed by atoms with Gasteiger partial charge in [-0.15, -0.1) is 0 Å². The van der Waals surface area contributed by atoms with Gasteiger partial charge < -0.3 is 15.8 Å². The number of nitrogens with two attached hydrogens (primary N) is 1. The fourth-order valence-electron chi connectivity index (χ4n) is 2.46. The zero-order valence-electron chi connectivity index (χ0n) is 11.6. The zero-order valence-corrected chi connectivity index (χ0v) is 11.6. The third-order valence-electron chi connectivity index (χ3n) is 3.46. The fourth-order valence-corrected chi connectivity index (χ4v) is 2.46. The summed E-state index contributed by atoms with van der Waals surface area (Å²) in [5, 5.41) is 3.02. The van der Waals surface area contributed by atoms with Crippen molar-refractivity contribution in [3.05, 3.63) is 29.6 Å². The number of amides is 1. The molecule has 1 saturated carbocycles. The molecular weight excluding hydrogens is 254 g/mol. The standard InChI is InChI=1S/C15H19N3O2/c1-20-14-6-2-5-13(14)18-15(19)12-7-9-17-10-11(12)4-3-8-16/h7,9-10,13-14H,2,5-6,8,16H2,1H3,(H,18,19). The SMILES string of the molecule is COC1CCCC1NC(=O)c1ccncc1C#CCN. The topological polar surface area (TPSA) is 77.2 Å². The lowest BCUT2D eigenvalue weighted by Gasteiger charge is -2.19. The van der Waals surface area contributed by atoms with Crippen LogP contribution in [0.1, 0.15) is 35.2 Å². The molecule has 1 aliphatic carbocycles. The Morgan fingerprint density at radius 3 is 3.20 bits per heavy atom. The largest absolute Gasteiger partial charge is 0.379 e. The number of hydrogen-bond acceptors (Lipinski definition) is 4. The molecule has 1 amide bonds. The highest BCUT2D eigenvalue weighted by atomic mass is 16.5. The van der Waals surface area contributed by atoms with Crippen molar-refractivity contribution >= 4 is 5.91 Å². The zero-order chi connectivity index (χ0) is 14.4. The van der Waals surface area contributed by atoms with Crippen molar-refractivity contribution in [1.29, 1.82) is 0 Å². The van der Waals surface area contributed by atoms with Crippen molar-refractivity contribution in [2.75, 3.05) is 13.7 Å². The minimum atomic E-state index is -0.136. The van der Waals surface area contributed by atoms with E-state index in [1.165, 1.54) is 0 Å². The first-order valence-electron chi connectivity index (χ1n) is 6.73. The van der Waals surface area contributed by atoms with Crippen molar-refractivity contribution in [2.45, 2.75) is 31.4 Å². The second kappa shape index (κ2) is 7.04. The summed E-state index contributed by atoms with van der Waals surface area (Å²) < 4.78 is 5.38. The van der Waals surface area contributed by atoms with Crippen LogP contribution in [0.2, 0.25) is 0 Å². The van der Waals surface area contributed by atoms with Crippen molar-refractivity contribution in [2.24, 2.45) is 5.73 Å². The highest BCUT2D eigenvalue weighted by molar-refractivity contribution is 5.96. The van der Waals surface area contributed by atoms with Crippen LogP contribution in [-0.2, 0) is 4.74 Å². The molecule has 0 aromatic carbocycles. The van der Waals surface area contributed by atoms with E-state index >= 15 is 0 Å². The number of methoxy groups -OCH3 is 1. The number of hydrogen-bond donors (Lipinski definition) is 2. The van der Waals surface area contributed by atoms with Gasteiger partial charge in [0.2, 0.25) is 0 Å². The quantitative estimate of drug-likeness (QED) is 0.794. The summed E-state index contributed by atoms with van der Waals surface area (Å²) in [6, 6.07) is 1.74. The fraction of sp³-hybridized carbons (Fsp3) is 0.467. The maximum atomic E-state index is 12.4. The lowest BCUT2D eigenvalue weighted by Crippen LogP contribution is -2.41. The average Bonchev–Trinajstić information content (AvgIpc) is 2.92. The van der Waals surface area contributed by atoms with E-state index in [-0.39, 0.29) is 24.6 Å². The summed E-state index contributed by atoms with van der Waals surface area (Å²) in [6.07, 6.45) is 6.26. The molecule has 0 radical (unpaired) electrons. The summed E-state index contributed by atoms with van der Waals surface area (Å²) in [4.78, 5) is 16.3. The smallest absolute Gasteiger partial charge is 0.252 e. The molecule has 1 fully saturated rings. The first kappa shape index (κ1) is 14.5. The maximum Gasteiger partial charge on any atom is 0.252 e. The van der Waals surface area contributed by atoms with E-state index in [4.69, 9.17) is 10.5 Å². The van der Waals surface area contributed by atoms with Gasteiger partial charge >= 0.3 is 0 Å². The molecule has 106 valence electrons. The molecule has 0 saturated heterocycles. The monoisotopic (exact) mass is 273 g/mol. The van der Waals surface area contributed by atoms with Crippen LogP contribution < -0.4 is 11.1 Å². The molecule has 1 aromatic rings. The Bertz CT molecular complexity index is 533. The van der Waals surface area contributed by atoms with Crippen molar-refractivity contribution in [3.63, 3.8) is 0 Å². The lowest BCUT2D eigenvalue weighted by molar-refractivity contribution is 0.0722. The van der Waals surface area contributed by atoms with Crippen molar-refractivity contribution in [3.8, 4) is 11.8 Å². The van der Waals surface area contributed by atoms with E-state index in [9.17, 15) is 4.79 Å². The molecule has 2 unspecified atom stereocenters. The Balaban J connectivity index is 2.13. The van der Waals surface area contributed by atoms with Crippen LogP contribution in [-0.4, -0.2) is 36.7 Å². The predicted molar refractivity (Wildman–Crippen MR) is 76.1 cm³/mol. The van der Waals surface area contributed by atoms with Crippen LogP contribution >= 0.6 is 0 Å². The van der Waals surface area contributed by atoms with Crippen LogP contribution in [0.25, 0.3) is 0 Å². The molecule has 5 nitrogen and oxygen atoms in total. The molecule has 0 spiro atoms. The Kier molecular flexibility index (Phi) is 5.10. The minimum absolute atomic E-state index is 0.0657. The van der Waals surface area contributed by atoms with E-state index < -0.39 is 0 Å². The number of aromatic nitrogens is 1. The van der Waals surface area contributed by atoms with Gasteiger partial charge in [0.25, 0.3) is 5.91 Å². The predicted octanol–water partition coefficient (Wildman–Crippen LogP) is 0.689. The van der Waals surface area contributed by atoms with Gasteiger partial charge in [-0.2, -0.15) is 0 Å². The van der Waals surface area contributed by atoms with Gasteiger partial charge in [0, 0.05) is 19.5 Å². The van der Waals surface area contributed by atoms with Crippen LogP contribution in [0, 0.1) is 11.8 Å². The number of pyridine rings is 1. The van der Waals surface area contributed by atoms with Crippen LogP contribution in [0.3, 0.4) is 0 Å². The number of ether oxygens (including phenoxy) is 1. The number of rotatable bonds is 3. The van der Waals surface area contributed by atoms with E-state index in [0.717, 1.165) is 19.3 Å². The Hall–Kier alpha value is -1.90. The van der Waals surface area contributed by atoms with Gasteiger partial charge in [-0.25, -0.2) is 0 Å². The molecule has 20 heavy (non-hydrogen) atoms. The molecule has 1 heterocycles. The Morgan fingerprint density at radius 2 is 2.45 bits per heavy atom. The van der Waals surface area contributed by atoms with E-state index in [1.54, 1.807) is 25.6 Å². The van der Waals surface area contributed by atoms with Gasteiger partial charge in [0.15, 0.2) is 0 Å². The van der Waals surface area contributed by atoms with E-state index in [0.29, 0.717) is 11.1 Å². The van der Waals surface area contributed by atoms with Gasteiger partial charge in [0.1, 0.15) is 0 Å². The van der Waals surface area contributed by atoms with Crippen molar-refractivity contribution in [1.82, 2.24) is 10.3 Å². The van der Waals surface area contributed by atoms with Crippen molar-refractivity contribution < 1.29 is 9.53 Å². The minimum Gasteiger partial charge on any atom is -0.379 e. The van der Waals surface area contributed by atoms with Crippen LogP contribution in [0.5, 0.6) is 0 Å². The van der Waals surface area contributed by atoms with Crippen LogP contribution in [0.4, 0.5) is 0 Å². The molecular formula is C15H19N3O2. The summed E-state index contributed by atoms with van der Waals surface area (Å²) in [5.41, 5.74) is 6.49. The van der Waals surface area contributed by atoms with Gasteiger partial charge in [-0.3, -0.25) is 9.78 Å². The lowest BCUT2D eigenvalue weighted by atomic mass is 10.1.